The van der Waals surface area contributed by atoms with Gasteiger partial charge in [-0.1, -0.05) is 37.3 Å². The fraction of sp³-hybridized carbons (Fsp3) is 0.250. The molecule has 6 nitrogen and oxygen atoms in total. The first kappa shape index (κ1) is 12.9. The minimum Gasteiger partial charge on any atom is -0.250 e. The van der Waals surface area contributed by atoms with Crippen LogP contribution in [0, 0.1) is 0 Å². The molecule has 0 bridgehead atoms. The summed E-state index contributed by atoms with van der Waals surface area (Å²) in [5.74, 6) is 1.01. The molecule has 3 heterocycles. The maximum Gasteiger partial charge on any atom is 0.170 e. The monoisotopic (exact) mass is 292 g/mol. The molecule has 110 valence electrons. The van der Waals surface area contributed by atoms with Crippen LogP contribution in [0.25, 0.3) is 16.7 Å². The Labute approximate surface area is 127 Å². The second-order valence-corrected chi connectivity index (χ2v) is 5.36. The smallest absolute Gasteiger partial charge is 0.170 e. The Bertz CT molecular complexity index is 937. The van der Waals surface area contributed by atoms with Gasteiger partial charge in [-0.05, 0) is 12.0 Å². The van der Waals surface area contributed by atoms with E-state index >= 15 is 0 Å². The fourth-order valence-electron chi connectivity index (χ4n) is 2.86. The van der Waals surface area contributed by atoms with Gasteiger partial charge in [0.2, 0.25) is 0 Å². The predicted octanol–water partition coefficient (Wildman–Crippen LogP) is 2.55. The van der Waals surface area contributed by atoms with E-state index < -0.39 is 0 Å². The second-order valence-electron chi connectivity index (χ2n) is 5.36. The lowest BCUT2D eigenvalue weighted by Crippen LogP contribution is -2.02. The van der Waals surface area contributed by atoms with Crippen LogP contribution in [0.3, 0.4) is 0 Å². The molecule has 4 aromatic rings. The topological polar surface area (TPSA) is 60.9 Å². The highest BCUT2D eigenvalue weighted by atomic mass is 15.3. The third-order valence-electron chi connectivity index (χ3n) is 4.01. The number of fused-ring (bicyclic) bond motifs is 3. The molecular weight excluding hydrogens is 276 g/mol. The molecule has 0 N–H and O–H groups in total. The van der Waals surface area contributed by atoms with Crippen LogP contribution in [0.2, 0.25) is 0 Å². The number of hydrogen-bond donors (Lipinski definition) is 0. The van der Waals surface area contributed by atoms with Gasteiger partial charge in [0.15, 0.2) is 17.1 Å². The molecule has 0 fully saturated rings. The van der Waals surface area contributed by atoms with Crippen LogP contribution < -0.4 is 0 Å². The van der Waals surface area contributed by atoms with Gasteiger partial charge in [0.1, 0.15) is 6.33 Å². The molecule has 0 amide bonds. The summed E-state index contributed by atoms with van der Waals surface area (Å²) in [4.78, 5) is 9.16. The van der Waals surface area contributed by atoms with E-state index in [0.29, 0.717) is 0 Å². The summed E-state index contributed by atoms with van der Waals surface area (Å²) in [5, 5.41) is 9.80. The molecule has 22 heavy (non-hydrogen) atoms. The zero-order valence-electron chi connectivity index (χ0n) is 12.5. The Balaban J connectivity index is 1.90. The molecule has 1 atom stereocenters. The first-order chi connectivity index (χ1) is 10.8. The van der Waals surface area contributed by atoms with Gasteiger partial charge in [-0.15, -0.1) is 5.10 Å². The molecule has 0 aliphatic carbocycles. The molecule has 3 aromatic heterocycles. The normalized spacial score (nSPS) is 13.0. The number of hydrogen-bond acceptors (Lipinski definition) is 4. The maximum absolute atomic E-state index is 4.76. The summed E-state index contributed by atoms with van der Waals surface area (Å²) < 4.78 is 3.49. The number of aryl methyl sites for hydroxylation is 1. The van der Waals surface area contributed by atoms with Crippen LogP contribution >= 0.6 is 0 Å². The minimum atomic E-state index is 0.188. The van der Waals surface area contributed by atoms with Gasteiger partial charge in [0, 0.05) is 13.0 Å². The third-order valence-corrected chi connectivity index (χ3v) is 4.01. The summed E-state index contributed by atoms with van der Waals surface area (Å²) >= 11 is 0. The number of aromatic nitrogens is 6. The van der Waals surface area contributed by atoms with Crippen LogP contribution in [-0.2, 0) is 7.05 Å². The lowest BCUT2D eigenvalue weighted by Gasteiger charge is -2.10. The highest BCUT2D eigenvalue weighted by Crippen LogP contribution is 2.26. The van der Waals surface area contributed by atoms with Crippen LogP contribution in [-0.4, -0.2) is 29.4 Å². The SMILES string of the molecule is CCC(c1ccccc1)c1nc2c3cnn(C)c3ncn2n1. The molecule has 0 saturated heterocycles. The Morgan fingerprint density at radius 2 is 1.95 bits per heavy atom. The van der Waals surface area contributed by atoms with Crippen molar-refractivity contribution in [1.29, 1.82) is 0 Å². The second kappa shape index (κ2) is 4.91. The average Bonchev–Trinajstić information content (AvgIpc) is 3.13. The fourth-order valence-corrected chi connectivity index (χ4v) is 2.86. The van der Waals surface area contributed by atoms with Gasteiger partial charge < -0.3 is 0 Å². The van der Waals surface area contributed by atoms with Crippen molar-refractivity contribution >= 4 is 16.7 Å². The zero-order valence-corrected chi connectivity index (χ0v) is 12.5. The van der Waals surface area contributed by atoms with Crippen molar-refractivity contribution < 1.29 is 0 Å². The summed E-state index contributed by atoms with van der Waals surface area (Å²) in [6.45, 7) is 2.15. The predicted molar refractivity (Wildman–Crippen MR) is 83.6 cm³/mol. The summed E-state index contributed by atoms with van der Waals surface area (Å²) in [6.07, 6.45) is 4.44. The van der Waals surface area contributed by atoms with Gasteiger partial charge in [0.05, 0.1) is 11.6 Å². The van der Waals surface area contributed by atoms with E-state index in [-0.39, 0.29) is 5.92 Å². The maximum atomic E-state index is 4.76. The molecule has 1 unspecified atom stereocenters. The third kappa shape index (κ3) is 1.88. The van der Waals surface area contributed by atoms with Crippen molar-refractivity contribution in [2.24, 2.45) is 7.05 Å². The van der Waals surface area contributed by atoms with Crippen molar-refractivity contribution in [3.05, 3.63) is 54.2 Å². The first-order valence-corrected chi connectivity index (χ1v) is 7.36. The zero-order chi connectivity index (χ0) is 15.1. The van der Waals surface area contributed by atoms with E-state index in [9.17, 15) is 0 Å². The summed E-state index contributed by atoms with van der Waals surface area (Å²) in [7, 11) is 1.88. The number of rotatable bonds is 3. The van der Waals surface area contributed by atoms with E-state index in [4.69, 9.17) is 4.98 Å². The molecule has 4 rings (SSSR count). The van der Waals surface area contributed by atoms with Crippen molar-refractivity contribution in [3.63, 3.8) is 0 Å². The molecular formula is C16H16N6. The van der Waals surface area contributed by atoms with Gasteiger partial charge in [0.25, 0.3) is 0 Å². The quantitative estimate of drug-likeness (QED) is 0.582. The van der Waals surface area contributed by atoms with E-state index in [2.05, 4.69) is 46.4 Å². The van der Waals surface area contributed by atoms with E-state index in [1.54, 1.807) is 21.7 Å². The minimum absolute atomic E-state index is 0.188. The summed E-state index contributed by atoms with van der Waals surface area (Å²) in [6, 6.07) is 10.4. The Hall–Kier alpha value is -2.76. The number of benzene rings is 1. The van der Waals surface area contributed by atoms with Crippen molar-refractivity contribution in [2.45, 2.75) is 19.3 Å². The molecule has 0 saturated carbocycles. The molecule has 1 aromatic carbocycles. The Kier molecular flexibility index (Phi) is 2.89. The highest BCUT2D eigenvalue weighted by Gasteiger charge is 2.19. The van der Waals surface area contributed by atoms with Gasteiger partial charge in [-0.3, -0.25) is 4.68 Å². The van der Waals surface area contributed by atoms with Crippen LogP contribution in [0.1, 0.15) is 30.7 Å². The van der Waals surface area contributed by atoms with Crippen LogP contribution in [0.4, 0.5) is 0 Å². The lowest BCUT2D eigenvalue weighted by molar-refractivity contribution is 0.710. The van der Waals surface area contributed by atoms with Crippen LogP contribution in [0.5, 0.6) is 0 Å². The number of nitrogens with zero attached hydrogens (tertiary/aromatic N) is 6. The van der Waals surface area contributed by atoms with E-state index in [1.165, 1.54) is 5.56 Å². The molecule has 6 heteroatoms. The van der Waals surface area contributed by atoms with Gasteiger partial charge in [-0.2, -0.15) is 5.10 Å². The van der Waals surface area contributed by atoms with Crippen molar-refractivity contribution in [2.75, 3.05) is 0 Å². The van der Waals surface area contributed by atoms with Crippen molar-refractivity contribution in [3.8, 4) is 0 Å². The average molecular weight is 292 g/mol. The Morgan fingerprint density at radius 1 is 1.14 bits per heavy atom. The van der Waals surface area contributed by atoms with Crippen LogP contribution in [0.15, 0.2) is 42.9 Å². The molecule has 0 aliphatic rings. The molecule has 0 radical (unpaired) electrons. The highest BCUT2D eigenvalue weighted by molar-refractivity contribution is 5.88. The largest absolute Gasteiger partial charge is 0.250 e. The molecule has 0 aliphatic heterocycles. The first-order valence-electron chi connectivity index (χ1n) is 7.36. The molecule has 0 spiro atoms. The van der Waals surface area contributed by atoms with Crippen molar-refractivity contribution in [1.82, 2.24) is 29.4 Å². The lowest BCUT2D eigenvalue weighted by atomic mass is 9.96. The Morgan fingerprint density at radius 3 is 2.73 bits per heavy atom. The van der Waals surface area contributed by atoms with Gasteiger partial charge >= 0.3 is 0 Å². The van der Waals surface area contributed by atoms with E-state index in [0.717, 1.165) is 28.9 Å². The van der Waals surface area contributed by atoms with Gasteiger partial charge in [-0.25, -0.2) is 14.5 Å². The van der Waals surface area contributed by atoms with E-state index in [1.807, 2.05) is 13.1 Å². The standard InChI is InChI=1S/C16H16N6/c1-3-12(11-7-5-4-6-8-11)14-19-16-13-9-18-21(2)15(13)17-10-22(16)20-14/h4-10,12H,3H2,1-2H3. The summed E-state index contributed by atoms with van der Waals surface area (Å²) in [5.41, 5.74) is 2.86.